The Morgan fingerprint density at radius 2 is 1.79 bits per heavy atom. The van der Waals surface area contributed by atoms with Crippen LogP contribution in [0.1, 0.15) is 27.6 Å². The second-order valence-electron chi connectivity index (χ2n) is 6.67. The second-order valence-corrected chi connectivity index (χ2v) is 7.58. The number of carbonyl (C=O) groups is 2. The lowest BCUT2D eigenvalue weighted by molar-refractivity contribution is 0.0665. The minimum Gasteiger partial charge on any atom is -0.493 e. The predicted molar refractivity (Wildman–Crippen MR) is 113 cm³/mol. The number of nitrogens with one attached hydrogen (secondary N) is 1. The molecule has 6 nitrogen and oxygen atoms in total. The van der Waals surface area contributed by atoms with E-state index in [0.29, 0.717) is 42.3 Å². The number of benzene rings is 2. The first-order valence-electron chi connectivity index (χ1n) is 9.30. The maximum absolute atomic E-state index is 13.0. The van der Waals surface area contributed by atoms with Crippen molar-refractivity contribution in [1.29, 1.82) is 0 Å². The molecule has 3 rings (SSSR count). The normalized spacial score (nSPS) is 14.6. The van der Waals surface area contributed by atoms with E-state index in [-0.39, 0.29) is 11.8 Å². The summed E-state index contributed by atoms with van der Waals surface area (Å²) in [4.78, 5) is 29.9. The Bertz CT molecular complexity index is 864. The number of para-hydroxylation sites is 1. The predicted octanol–water partition coefficient (Wildman–Crippen LogP) is 3.49. The summed E-state index contributed by atoms with van der Waals surface area (Å²) in [5.41, 5.74) is 1.41. The maximum atomic E-state index is 13.0. The number of nitrogens with zero attached hydrogens (tertiary/aromatic N) is 2. The molecule has 2 aromatic rings. The molecular weight excluding hydrogens is 422 g/mol. The van der Waals surface area contributed by atoms with Gasteiger partial charge in [-0.1, -0.05) is 28.1 Å². The lowest BCUT2D eigenvalue weighted by Gasteiger charge is -2.32. The van der Waals surface area contributed by atoms with Gasteiger partial charge in [-0.05, 0) is 44.3 Å². The Kier molecular flexibility index (Phi) is 6.70. The number of hydrogen-bond acceptors (Lipinski definition) is 4. The molecule has 2 amide bonds. The highest BCUT2D eigenvalue weighted by Crippen LogP contribution is 2.26. The highest BCUT2D eigenvalue weighted by atomic mass is 79.9. The monoisotopic (exact) mass is 445 g/mol. The molecule has 7 heteroatoms. The first kappa shape index (κ1) is 20.4. The molecule has 0 saturated carbocycles. The molecule has 1 saturated heterocycles. The third kappa shape index (κ3) is 4.72. The van der Waals surface area contributed by atoms with Crippen LogP contribution < -0.4 is 10.1 Å². The molecule has 28 heavy (non-hydrogen) atoms. The summed E-state index contributed by atoms with van der Waals surface area (Å²) in [5.74, 6) is 0.123. The Morgan fingerprint density at radius 1 is 1.07 bits per heavy atom. The van der Waals surface area contributed by atoms with Crippen molar-refractivity contribution in [3.8, 4) is 5.75 Å². The van der Waals surface area contributed by atoms with E-state index in [2.05, 4.69) is 26.1 Å². The van der Waals surface area contributed by atoms with Crippen LogP contribution in [0.15, 0.2) is 46.9 Å². The van der Waals surface area contributed by atoms with Gasteiger partial charge in [0.15, 0.2) is 0 Å². The molecule has 0 atom stereocenters. The van der Waals surface area contributed by atoms with Gasteiger partial charge in [0.05, 0.1) is 23.4 Å². The quantitative estimate of drug-likeness (QED) is 0.764. The van der Waals surface area contributed by atoms with Gasteiger partial charge in [0.25, 0.3) is 11.8 Å². The average Bonchev–Trinajstić information content (AvgIpc) is 2.70. The Balaban J connectivity index is 1.83. The highest BCUT2D eigenvalue weighted by molar-refractivity contribution is 9.10. The molecule has 1 aliphatic rings. The van der Waals surface area contributed by atoms with E-state index in [1.54, 1.807) is 30.3 Å². The van der Waals surface area contributed by atoms with Crippen molar-refractivity contribution >= 4 is 33.4 Å². The van der Waals surface area contributed by atoms with Crippen molar-refractivity contribution in [2.24, 2.45) is 0 Å². The summed E-state index contributed by atoms with van der Waals surface area (Å²) in [6.07, 6.45) is 0. The van der Waals surface area contributed by atoms with Gasteiger partial charge in [0.1, 0.15) is 5.75 Å². The largest absolute Gasteiger partial charge is 0.493 e. The number of piperazine rings is 1. The number of carbonyl (C=O) groups excluding carboxylic acids is 2. The van der Waals surface area contributed by atoms with E-state index in [9.17, 15) is 9.59 Å². The smallest absolute Gasteiger partial charge is 0.259 e. The number of hydrogen-bond donors (Lipinski definition) is 1. The van der Waals surface area contributed by atoms with Crippen molar-refractivity contribution in [2.75, 3.05) is 45.2 Å². The van der Waals surface area contributed by atoms with Crippen molar-refractivity contribution in [2.45, 2.75) is 6.92 Å². The van der Waals surface area contributed by atoms with E-state index in [0.717, 1.165) is 17.6 Å². The first-order chi connectivity index (χ1) is 13.5. The van der Waals surface area contributed by atoms with E-state index < -0.39 is 0 Å². The molecule has 0 spiro atoms. The summed E-state index contributed by atoms with van der Waals surface area (Å²) < 4.78 is 6.35. The van der Waals surface area contributed by atoms with Crippen LogP contribution in [-0.4, -0.2) is 61.4 Å². The number of likely N-dealkylation sites (N-methyl/N-ethyl adjacent to an activating group) is 1. The van der Waals surface area contributed by atoms with Gasteiger partial charge in [0, 0.05) is 30.7 Å². The fraction of sp³-hybridized carbons (Fsp3) is 0.333. The molecule has 1 aliphatic heterocycles. The van der Waals surface area contributed by atoms with Crippen LogP contribution in [0.4, 0.5) is 5.69 Å². The van der Waals surface area contributed by atoms with E-state index in [1.807, 2.05) is 31.0 Å². The van der Waals surface area contributed by atoms with Gasteiger partial charge in [0.2, 0.25) is 0 Å². The van der Waals surface area contributed by atoms with Gasteiger partial charge < -0.3 is 19.9 Å². The van der Waals surface area contributed by atoms with Gasteiger partial charge >= 0.3 is 0 Å². The lowest BCUT2D eigenvalue weighted by Crippen LogP contribution is -2.47. The van der Waals surface area contributed by atoms with Gasteiger partial charge in [-0.2, -0.15) is 0 Å². The number of amides is 2. The fourth-order valence-corrected chi connectivity index (χ4v) is 3.47. The molecule has 0 unspecified atom stereocenters. The second kappa shape index (κ2) is 9.21. The lowest BCUT2D eigenvalue weighted by atomic mass is 10.1. The molecule has 0 aliphatic carbocycles. The van der Waals surface area contributed by atoms with E-state index >= 15 is 0 Å². The topological polar surface area (TPSA) is 61.9 Å². The molecule has 0 bridgehead atoms. The summed E-state index contributed by atoms with van der Waals surface area (Å²) in [7, 11) is 2.05. The van der Waals surface area contributed by atoms with Crippen LogP contribution in [0.25, 0.3) is 0 Å². The van der Waals surface area contributed by atoms with Crippen LogP contribution in [0.3, 0.4) is 0 Å². The molecule has 1 N–H and O–H groups in total. The molecular formula is C21H24BrN3O3. The Hall–Kier alpha value is -2.38. The zero-order valence-corrected chi connectivity index (χ0v) is 17.7. The van der Waals surface area contributed by atoms with Crippen LogP contribution in [0.2, 0.25) is 0 Å². The maximum Gasteiger partial charge on any atom is 0.259 e. The van der Waals surface area contributed by atoms with Crippen LogP contribution in [0.5, 0.6) is 5.75 Å². The van der Waals surface area contributed by atoms with Gasteiger partial charge in [-0.15, -0.1) is 0 Å². The van der Waals surface area contributed by atoms with Crippen molar-refractivity contribution < 1.29 is 14.3 Å². The van der Waals surface area contributed by atoms with E-state index in [1.165, 1.54) is 0 Å². The molecule has 2 aromatic carbocycles. The number of rotatable bonds is 5. The zero-order chi connectivity index (χ0) is 20.1. The summed E-state index contributed by atoms with van der Waals surface area (Å²) in [6.45, 7) is 5.37. The number of ether oxygens (including phenoxy) is 1. The van der Waals surface area contributed by atoms with Crippen LogP contribution in [0, 0.1) is 0 Å². The number of halogens is 1. The third-order valence-corrected chi connectivity index (χ3v) is 5.18. The molecule has 0 radical (unpaired) electrons. The van der Waals surface area contributed by atoms with Crippen molar-refractivity contribution in [3.05, 3.63) is 58.1 Å². The summed E-state index contributed by atoms with van der Waals surface area (Å²) in [5, 5.41) is 2.88. The van der Waals surface area contributed by atoms with Gasteiger partial charge in [-0.25, -0.2) is 0 Å². The van der Waals surface area contributed by atoms with Crippen molar-refractivity contribution in [3.63, 3.8) is 0 Å². The fourth-order valence-electron chi connectivity index (χ4n) is 3.11. The number of anilines is 1. The molecule has 1 fully saturated rings. The first-order valence-corrected chi connectivity index (χ1v) is 10.1. The van der Waals surface area contributed by atoms with Crippen molar-refractivity contribution in [1.82, 2.24) is 9.80 Å². The minimum absolute atomic E-state index is 0.0664. The molecule has 0 aromatic heterocycles. The third-order valence-electron chi connectivity index (χ3n) is 4.68. The highest BCUT2D eigenvalue weighted by Gasteiger charge is 2.23. The van der Waals surface area contributed by atoms with Gasteiger partial charge in [-0.3, -0.25) is 9.59 Å². The van der Waals surface area contributed by atoms with E-state index in [4.69, 9.17) is 4.74 Å². The Morgan fingerprint density at radius 3 is 2.50 bits per heavy atom. The average molecular weight is 446 g/mol. The molecule has 148 valence electrons. The molecule has 1 heterocycles. The standard InChI is InChI=1S/C21H24BrN3O3/c1-3-28-19-9-8-15(22)14-17(19)20(26)23-18-7-5-4-6-16(18)21(27)25-12-10-24(2)11-13-25/h4-9,14H,3,10-13H2,1-2H3,(H,23,26). The van der Waals surface area contributed by atoms with Crippen LogP contribution in [-0.2, 0) is 0 Å². The van der Waals surface area contributed by atoms with Crippen LogP contribution >= 0.6 is 15.9 Å². The summed E-state index contributed by atoms with van der Waals surface area (Å²) >= 11 is 3.40. The zero-order valence-electron chi connectivity index (χ0n) is 16.1. The minimum atomic E-state index is -0.316. The Labute approximate surface area is 173 Å². The SMILES string of the molecule is CCOc1ccc(Br)cc1C(=O)Nc1ccccc1C(=O)N1CCN(C)CC1. The summed E-state index contributed by atoms with van der Waals surface area (Å²) in [6, 6.07) is 12.4.